The number of hydrogen-bond acceptors (Lipinski definition) is 3. The molecule has 2 fully saturated rings. The summed E-state index contributed by atoms with van der Waals surface area (Å²) >= 11 is 3.33. The number of morpholine rings is 1. The zero-order chi connectivity index (χ0) is 14.1. The molecule has 110 valence electrons. The molecule has 0 saturated carbocycles. The van der Waals surface area contributed by atoms with Gasteiger partial charge in [-0.2, -0.15) is 0 Å². The van der Waals surface area contributed by atoms with Gasteiger partial charge in [-0.15, -0.1) is 0 Å². The molecule has 1 N–H and O–H groups in total. The molecule has 3 atom stereocenters. The zero-order valence-corrected chi connectivity index (χ0v) is 12.9. The molecule has 2 aliphatic heterocycles. The van der Waals surface area contributed by atoms with Gasteiger partial charge in [-0.25, -0.2) is 4.39 Å². The molecule has 0 amide bonds. The second kappa shape index (κ2) is 6.10. The minimum Gasteiger partial charge on any atom is -0.390 e. The average Bonchev–Trinajstić information content (AvgIpc) is 2.90. The third-order valence-corrected chi connectivity index (χ3v) is 4.78. The molecule has 2 aliphatic rings. The minimum absolute atomic E-state index is 0.220. The normalized spacial score (nSPS) is 28.4. The quantitative estimate of drug-likeness (QED) is 0.914. The van der Waals surface area contributed by atoms with Gasteiger partial charge < -0.3 is 9.84 Å². The van der Waals surface area contributed by atoms with Crippen molar-refractivity contribution in [3.05, 3.63) is 34.1 Å². The molecule has 3 rings (SSSR count). The van der Waals surface area contributed by atoms with Crippen LogP contribution in [0.4, 0.5) is 4.39 Å². The van der Waals surface area contributed by atoms with Crippen molar-refractivity contribution in [3.63, 3.8) is 0 Å². The van der Waals surface area contributed by atoms with Gasteiger partial charge in [-0.3, -0.25) is 4.90 Å². The second-order valence-electron chi connectivity index (χ2n) is 5.67. The van der Waals surface area contributed by atoms with Crippen LogP contribution in [0.25, 0.3) is 0 Å². The molecular weight excluding hydrogens is 325 g/mol. The van der Waals surface area contributed by atoms with Gasteiger partial charge in [0.05, 0.1) is 18.8 Å². The highest BCUT2D eigenvalue weighted by Gasteiger charge is 2.35. The largest absolute Gasteiger partial charge is 0.390 e. The smallest absolute Gasteiger partial charge is 0.126 e. The zero-order valence-electron chi connectivity index (χ0n) is 11.3. The lowest BCUT2D eigenvalue weighted by atomic mass is 10.0. The van der Waals surface area contributed by atoms with Crippen molar-refractivity contribution >= 4 is 15.9 Å². The lowest BCUT2D eigenvalue weighted by Gasteiger charge is -2.37. The van der Waals surface area contributed by atoms with E-state index in [2.05, 4.69) is 20.8 Å². The number of hydrogen-bond donors (Lipinski definition) is 1. The van der Waals surface area contributed by atoms with Gasteiger partial charge in [-0.1, -0.05) is 15.9 Å². The molecule has 1 aromatic carbocycles. The Kier molecular flexibility index (Phi) is 4.40. The fourth-order valence-corrected chi connectivity index (χ4v) is 3.54. The average molecular weight is 344 g/mol. The van der Waals surface area contributed by atoms with E-state index in [-0.39, 0.29) is 18.3 Å². The Morgan fingerprint density at radius 1 is 1.50 bits per heavy atom. The van der Waals surface area contributed by atoms with Gasteiger partial charge in [0.25, 0.3) is 0 Å². The first kappa shape index (κ1) is 14.4. The topological polar surface area (TPSA) is 32.7 Å². The summed E-state index contributed by atoms with van der Waals surface area (Å²) in [6.45, 7) is 2.52. The van der Waals surface area contributed by atoms with Crippen LogP contribution in [0.1, 0.15) is 18.4 Å². The van der Waals surface area contributed by atoms with Crippen molar-refractivity contribution in [2.24, 2.45) is 0 Å². The molecule has 20 heavy (non-hydrogen) atoms. The predicted octanol–water partition coefficient (Wildman–Crippen LogP) is 2.35. The summed E-state index contributed by atoms with van der Waals surface area (Å²) < 4.78 is 20.3. The molecule has 0 aliphatic carbocycles. The monoisotopic (exact) mass is 343 g/mol. The van der Waals surface area contributed by atoms with Crippen LogP contribution in [0.15, 0.2) is 22.7 Å². The predicted molar refractivity (Wildman–Crippen MR) is 78.1 cm³/mol. The van der Waals surface area contributed by atoms with Crippen molar-refractivity contribution in [1.82, 2.24) is 4.90 Å². The van der Waals surface area contributed by atoms with Gasteiger partial charge in [-0.05, 0) is 43.1 Å². The summed E-state index contributed by atoms with van der Waals surface area (Å²) in [5.74, 6) is -0.276. The highest BCUT2D eigenvalue weighted by Crippen LogP contribution is 2.25. The van der Waals surface area contributed by atoms with E-state index in [1.807, 2.05) is 0 Å². The van der Waals surface area contributed by atoms with Crippen LogP contribution in [0, 0.1) is 5.82 Å². The first-order valence-corrected chi connectivity index (χ1v) is 7.90. The fourth-order valence-electron chi connectivity index (χ4n) is 3.13. The van der Waals surface area contributed by atoms with Crippen LogP contribution in [-0.4, -0.2) is 48.0 Å². The van der Waals surface area contributed by atoms with Gasteiger partial charge in [0.1, 0.15) is 5.82 Å². The van der Waals surface area contributed by atoms with E-state index in [4.69, 9.17) is 4.74 Å². The molecule has 0 spiro atoms. The SMILES string of the molecule is OC(Cc1cc(Br)ccc1F)C1CN2CCCC2CO1. The summed E-state index contributed by atoms with van der Waals surface area (Å²) in [5.41, 5.74) is 0.527. The van der Waals surface area contributed by atoms with Crippen LogP contribution >= 0.6 is 15.9 Å². The van der Waals surface area contributed by atoms with Crippen LogP contribution in [0.2, 0.25) is 0 Å². The number of nitrogens with zero attached hydrogens (tertiary/aromatic N) is 1. The molecule has 5 heteroatoms. The Hall–Kier alpha value is -0.490. The summed E-state index contributed by atoms with van der Waals surface area (Å²) in [6, 6.07) is 5.32. The molecule has 0 aromatic heterocycles. The van der Waals surface area contributed by atoms with Crippen molar-refractivity contribution in [3.8, 4) is 0 Å². The standard InChI is InChI=1S/C15H19BrFNO2/c16-11-3-4-13(17)10(6-11)7-14(19)15-8-18-5-1-2-12(18)9-20-15/h3-4,6,12,14-15,19H,1-2,5,7-9H2. The van der Waals surface area contributed by atoms with E-state index in [1.165, 1.54) is 18.9 Å². The lowest BCUT2D eigenvalue weighted by molar-refractivity contribution is -0.101. The Balaban J connectivity index is 1.64. The number of aliphatic hydroxyl groups excluding tert-OH is 1. The Bertz CT molecular complexity index is 485. The van der Waals surface area contributed by atoms with Gasteiger partial charge in [0, 0.05) is 23.5 Å². The highest BCUT2D eigenvalue weighted by atomic mass is 79.9. The summed E-state index contributed by atoms with van der Waals surface area (Å²) in [6.07, 6.45) is 1.79. The minimum atomic E-state index is -0.666. The van der Waals surface area contributed by atoms with E-state index >= 15 is 0 Å². The molecule has 3 unspecified atom stereocenters. The van der Waals surface area contributed by atoms with Crippen molar-refractivity contribution in [2.45, 2.75) is 37.5 Å². The van der Waals surface area contributed by atoms with Crippen LogP contribution in [0.5, 0.6) is 0 Å². The maximum Gasteiger partial charge on any atom is 0.126 e. The van der Waals surface area contributed by atoms with Crippen LogP contribution in [0.3, 0.4) is 0 Å². The number of ether oxygens (including phenoxy) is 1. The highest BCUT2D eigenvalue weighted by molar-refractivity contribution is 9.10. The van der Waals surface area contributed by atoms with Crippen molar-refractivity contribution in [2.75, 3.05) is 19.7 Å². The van der Waals surface area contributed by atoms with E-state index < -0.39 is 6.10 Å². The molecule has 0 radical (unpaired) electrons. The summed E-state index contributed by atoms with van der Waals surface area (Å²) in [4.78, 5) is 2.38. The van der Waals surface area contributed by atoms with Crippen LogP contribution in [-0.2, 0) is 11.2 Å². The molecule has 2 saturated heterocycles. The van der Waals surface area contributed by atoms with Gasteiger partial charge in [0.15, 0.2) is 0 Å². The maximum atomic E-state index is 13.7. The molecule has 1 aromatic rings. The Morgan fingerprint density at radius 3 is 3.20 bits per heavy atom. The molecule has 3 nitrogen and oxygen atoms in total. The first-order chi connectivity index (χ1) is 9.63. The van der Waals surface area contributed by atoms with E-state index in [9.17, 15) is 9.50 Å². The summed E-state index contributed by atoms with van der Waals surface area (Å²) in [7, 11) is 0. The number of benzene rings is 1. The third kappa shape index (κ3) is 3.06. The Labute approximate surface area is 126 Å². The number of halogens is 2. The Morgan fingerprint density at radius 2 is 2.35 bits per heavy atom. The second-order valence-corrected chi connectivity index (χ2v) is 6.59. The summed E-state index contributed by atoms with van der Waals surface area (Å²) in [5, 5.41) is 10.3. The molecule has 2 heterocycles. The van der Waals surface area contributed by atoms with E-state index in [1.54, 1.807) is 12.1 Å². The van der Waals surface area contributed by atoms with Gasteiger partial charge >= 0.3 is 0 Å². The van der Waals surface area contributed by atoms with Crippen molar-refractivity contribution < 1.29 is 14.2 Å². The number of rotatable bonds is 3. The van der Waals surface area contributed by atoms with E-state index in [0.717, 1.165) is 17.6 Å². The van der Waals surface area contributed by atoms with E-state index in [0.29, 0.717) is 18.2 Å². The third-order valence-electron chi connectivity index (χ3n) is 4.28. The lowest BCUT2D eigenvalue weighted by Crippen LogP contribution is -2.50. The number of fused-ring (bicyclic) bond motifs is 1. The molecular formula is C15H19BrFNO2. The van der Waals surface area contributed by atoms with Gasteiger partial charge in [0.2, 0.25) is 0 Å². The molecule has 0 bridgehead atoms. The number of aliphatic hydroxyl groups is 1. The van der Waals surface area contributed by atoms with Crippen molar-refractivity contribution in [1.29, 1.82) is 0 Å². The fraction of sp³-hybridized carbons (Fsp3) is 0.600. The maximum absolute atomic E-state index is 13.7. The first-order valence-electron chi connectivity index (χ1n) is 7.11. The van der Waals surface area contributed by atoms with Crippen LogP contribution < -0.4 is 0 Å².